The van der Waals surface area contributed by atoms with Gasteiger partial charge in [-0.05, 0) is 91.6 Å². The molecule has 10 heteroatoms. The number of hydrogen-bond acceptors (Lipinski definition) is 2. The number of hydrogen-bond donors (Lipinski definition) is 0. The Bertz CT molecular complexity index is 1610. The highest BCUT2D eigenvalue weighted by atomic mass is 19.3. The molecule has 1 fully saturated rings. The first-order valence-electron chi connectivity index (χ1n) is 13.7. The summed E-state index contributed by atoms with van der Waals surface area (Å²) >= 11 is 0. The van der Waals surface area contributed by atoms with Crippen molar-refractivity contribution in [2.45, 2.75) is 50.7 Å². The zero-order valence-electron chi connectivity index (χ0n) is 22.9. The number of alkyl halides is 2. The second kappa shape index (κ2) is 12.4. The van der Waals surface area contributed by atoms with E-state index in [2.05, 4.69) is 4.74 Å². The van der Waals surface area contributed by atoms with Crippen LogP contribution >= 0.6 is 0 Å². The van der Waals surface area contributed by atoms with Crippen LogP contribution in [-0.4, -0.2) is 12.7 Å². The molecule has 0 radical (unpaired) electrons. The van der Waals surface area contributed by atoms with E-state index in [0.29, 0.717) is 36.9 Å². The second-order valence-corrected chi connectivity index (χ2v) is 10.4. The molecule has 43 heavy (non-hydrogen) atoms. The Labute approximate surface area is 242 Å². The van der Waals surface area contributed by atoms with Gasteiger partial charge in [0.25, 0.3) is 0 Å². The zero-order chi connectivity index (χ0) is 30.9. The van der Waals surface area contributed by atoms with Gasteiger partial charge in [-0.2, -0.15) is 8.78 Å². The fraction of sp³-hybridized carbons (Fsp3) is 0.273. The molecule has 0 spiro atoms. The molecule has 5 rings (SSSR count). The molecule has 0 N–H and O–H groups in total. The van der Waals surface area contributed by atoms with Gasteiger partial charge in [0, 0.05) is 23.8 Å². The topological polar surface area (TPSA) is 18.5 Å². The molecule has 2 nitrogen and oxygen atoms in total. The number of halogens is 8. The third-order valence-corrected chi connectivity index (χ3v) is 7.60. The van der Waals surface area contributed by atoms with Crippen LogP contribution in [0.2, 0.25) is 0 Å². The van der Waals surface area contributed by atoms with Crippen molar-refractivity contribution in [3.8, 4) is 28.0 Å². The van der Waals surface area contributed by atoms with Gasteiger partial charge in [0.05, 0.1) is 6.10 Å². The van der Waals surface area contributed by atoms with Crippen LogP contribution in [0, 0.1) is 34.9 Å². The number of rotatable bonds is 8. The molecule has 1 aliphatic rings. The average Bonchev–Trinajstić information content (AvgIpc) is 2.95. The highest BCUT2D eigenvalue weighted by Crippen LogP contribution is 2.39. The van der Waals surface area contributed by atoms with Gasteiger partial charge in [0.2, 0.25) is 0 Å². The van der Waals surface area contributed by atoms with Gasteiger partial charge < -0.3 is 9.47 Å². The van der Waals surface area contributed by atoms with Crippen LogP contribution < -0.4 is 4.74 Å². The minimum absolute atomic E-state index is 0.124. The Kier molecular flexibility index (Phi) is 8.78. The van der Waals surface area contributed by atoms with Crippen LogP contribution in [0.15, 0.2) is 66.7 Å². The Balaban J connectivity index is 1.36. The van der Waals surface area contributed by atoms with Crippen molar-refractivity contribution < 1.29 is 44.6 Å². The highest BCUT2D eigenvalue weighted by molar-refractivity contribution is 5.72. The lowest BCUT2D eigenvalue weighted by Crippen LogP contribution is -2.25. The molecule has 0 saturated heterocycles. The Morgan fingerprint density at radius 3 is 1.84 bits per heavy atom. The minimum atomic E-state index is -4.62. The van der Waals surface area contributed by atoms with Gasteiger partial charge in [-0.15, -0.1) is 0 Å². The lowest BCUT2D eigenvalue weighted by Gasteiger charge is -2.28. The standard InChI is InChI=1S/C33H26F8O2/c1-2-42-22-7-3-18(4-8-22)19-5-10-24(27(35)13-19)20-6-11-25(28(36)14-20)21-15-30(38)32(31(39)16-21)33(40,41)43-23-9-12-26(34)29(37)17-23/h5-6,9-18,22H,2-4,7-8H2,1H3. The van der Waals surface area contributed by atoms with Gasteiger partial charge in [-0.25, -0.2) is 26.3 Å². The van der Waals surface area contributed by atoms with Gasteiger partial charge in [-0.1, -0.05) is 24.3 Å². The van der Waals surface area contributed by atoms with Crippen molar-refractivity contribution in [2.24, 2.45) is 0 Å². The fourth-order valence-corrected chi connectivity index (χ4v) is 5.48. The zero-order valence-corrected chi connectivity index (χ0v) is 22.9. The van der Waals surface area contributed by atoms with E-state index in [4.69, 9.17) is 4.74 Å². The number of benzene rings is 4. The molecule has 1 saturated carbocycles. The molecule has 0 aliphatic heterocycles. The summed E-state index contributed by atoms with van der Waals surface area (Å²) in [4.78, 5) is 0. The van der Waals surface area contributed by atoms with E-state index in [9.17, 15) is 26.3 Å². The molecular weight excluding hydrogens is 580 g/mol. The Morgan fingerprint density at radius 1 is 0.628 bits per heavy atom. The summed E-state index contributed by atoms with van der Waals surface area (Å²) in [5.41, 5.74) is -1.38. The van der Waals surface area contributed by atoms with Crippen LogP contribution in [-0.2, 0) is 10.8 Å². The van der Waals surface area contributed by atoms with Gasteiger partial charge >= 0.3 is 6.11 Å². The first-order chi connectivity index (χ1) is 20.5. The summed E-state index contributed by atoms with van der Waals surface area (Å²) in [6, 6.07) is 10.8. The van der Waals surface area contributed by atoms with Crippen molar-refractivity contribution >= 4 is 0 Å². The lowest BCUT2D eigenvalue weighted by atomic mass is 9.82. The summed E-state index contributed by atoms with van der Waals surface area (Å²) in [6.07, 6.45) is -0.915. The largest absolute Gasteiger partial charge is 0.432 e. The van der Waals surface area contributed by atoms with E-state index in [1.54, 1.807) is 12.1 Å². The predicted molar refractivity (Wildman–Crippen MR) is 145 cm³/mol. The highest BCUT2D eigenvalue weighted by Gasteiger charge is 2.41. The first kappa shape index (κ1) is 30.5. The molecule has 0 unspecified atom stereocenters. The van der Waals surface area contributed by atoms with E-state index < -0.39 is 57.9 Å². The van der Waals surface area contributed by atoms with E-state index in [-0.39, 0.29) is 28.7 Å². The summed E-state index contributed by atoms with van der Waals surface area (Å²) in [6.45, 7) is 2.60. The maximum absolute atomic E-state index is 15.2. The molecule has 4 aromatic carbocycles. The van der Waals surface area contributed by atoms with Crippen LogP contribution in [0.1, 0.15) is 49.7 Å². The molecule has 1 aliphatic carbocycles. The Morgan fingerprint density at radius 2 is 1.23 bits per heavy atom. The normalized spacial score (nSPS) is 17.2. The lowest BCUT2D eigenvalue weighted by molar-refractivity contribution is -0.189. The predicted octanol–water partition coefficient (Wildman–Crippen LogP) is 10.0. The summed E-state index contributed by atoms with van der Waals surface area (Å²) in [5, 5.41) is 0. The van der Waals surface area contributed by atoms with Crippen LogP contribution in [0.4, 0.5) is 35.1 Å². The molecule has 0 heterocycles. The van der Waals surface area contributed by atoms with Gasteiger partial charge in [0.15, 0.2) is 11.6 Å². The van der Waals surface area contributed by atoms with E-state index in [1.165, 1.54) is 12.1 Å². The quantitative estimate of drug-likeness (QED) is 0.186. The Hall–Kier alpha value is -3.92. The molecule has 226 valence electrons. The maximum Gasteiger partial charge on any atom is 0.432 e. The smallest absolute Gasteiger partial charge is 0.429 e. The molecule has 0 bridgehead atoms. The van der Waals surface area contributed by atoms with Crippen LogP contribution in [0.5, 0.6) is 5.75 Å². The molecule has 4 aromatic rings. The summed E-state index contributed by atoms with van der Waals surface area (Å²) < 4.78 is 126. The summed E-state index contributed by atoms with van der Waals surface area (Å²) in [5.74, 6) is -8.57. The van der Waals surface area contributed by atoms with Crippen LogP contribution in [0.3, 0.4) is 0 Å². The SMILES string of the molecule is CCOC1CCC(c2ccc(-c3ccc(-c4cc(F)c(C(F)(F)Oc5ccc(F)c(F)c5)c(F)c4)c(F)c3)c(F)c2)CC1. The third-order valence-electron chi connectivity index (χ3n) is 7.60. The first-order valence-corrected chi connectivity index (χ1v) is 13.7. The molecule has 0 aromatic heterocycles. The molecular formula is C33H26F8O2. The van der Waals surface area contributed by atoms with Crippen LogP contribution in [0.25, 0.3) is 22.3 Å². The van der Waals surface area contributed by atoms with Crippen molar-refractivity contribution in [1.29, 1.82) is 0 Å². The van der Waals surface area contributed by atoms with Crippen molar-refractivity contribution in [1.82, 2.24) is 0 Å². The van der Waals surface area contributed by atoms with E-state index in [0.717, 1.165) is 43.4 Å². The summed E-state index contributed by atoms with van der Waals surface area (Å²) in [7, 11) is 0. The monoisotopic (exact) mass is 606 g/mol. The van der Waals surface area contributed by atoms with Crippen molar-refractivity contribution in [2.75, 3.05) is 6.61 Å². The van der Waals surface area contributed by atoms with Crippen molar-refractivity contribution in [3.05, 3.63) is 113 Å². The fourth-order valence-electron chi connectivity index (χ4n) is 5.48. The minimum Gasteiger partial charge on any atom is -0.429 e. The maximum atomic E-state index is 15.2. The molecule has 0 atom stereocenters. The van der Waals surface area contributed by atoms with Crippen molar-refractivity contribution in [3.63, 3.8) is 0 Å². The second-order valence-electron chi connectivity index (χ2n) is 10.4. The van der Waals surface area contributed by atoms with E-state index in [1.807, 2.05) is 6.92 Å². The molecule has 0 amide bonds. The average molecular weight is 607 g/mol. The van der Waals surface area contributed by atoms with Gasteiger partial charge in [-0.3, -0.25) is 0 Å². The van der Waals surface area contributed by atoms with Gasteiger partial charge in [0.1, 0.15) is 34.6 Å². The number of ether oxygens (including phenoxy) is 2. The third kappa shape index (κ3) is 6.54. The van der Waals surface area contributed by atoms with E-state index >= 15 is 8.78 Å².